The molecule has 2 amide bonds. The highest BCUT2D eigenvalue weighted by atomic mass is 16.1. The van der Waals surface area contributed by atoms with Crippen LogP contribution in [0.1, 0.15) is 29.6 Å². The Bertz CT molecular complexity index is 714. The Morgan fingerprint density at radius 3 is 2.59 bits per heavy atom. The van der Waals surface area contributed by atoms with Crippen LogP contribution in [0.3, 0.4) is 0 Å². The van der Waals surface area contributed by atoms with Gasteiger partial charge < -0.3 is 26.2 Å². The molecule has 8 heteroatoms. The first-order valence-electron chi connectivity index (χ1n) is 9.40. The topological polar surface area (TPSA) is 104 Å². The van der Waals surface area contributed by atoms with Gasteiger partial charge in [0.15, 0.2) is 0 Å². The van der Waals surface area contributed by atoms with E-state index in [9.17, 15) is 9.59 Å². The molecule has 1 aromatic rings. The molecule has 4 N–H and O–H groups in total. The quantitative estimate of drug-likeness (QED) is 0.631. The van der Waals surface area contributed by atoms with Gasteiger partial charge in [-0.3, -0.25) is 9.59 Å². The molecule has 0 aromatic carbocycles. The van der Waals surface area contributed by atoms with Gasteiger partial charge in [-0.2, -0.15) is 0 Å². The molecule has 1 atom stereocenters. The third-order valence-electron chi connectivity index (χ3n) is 5.25. The third kappa shape index (κ3) is 4.77. The molecule has 2 aliphatic rings. The molecule has 2 aliphatic heterocycles. The Morgan fingerprint density at radius 1 is 1.22 bits per heavy atom. The zero-order chi connectivity index (χ0) is 19.4. The molecule has 146 valence electrons. The molecule has 0 spiro atoms. The Kier molecular flexibility index (Phi) is 5.95. The number of piperidine rings is 1. The first-order valence-corrected chi connectivity index (χ1v) is 9.40. The summed E-state index contributed by atoms with van der Waals surface area (Å²) < 4.78 is 0. The van der Waals surface area contributed by atoms with E-state index in [-0.39, 0.29) is 18.0 Å². The number of anilines is 2. The summed E-state index contributed by atoms with van der Waals surface area (Å²) >= 11 is 0. The largest absolute Gasteiger partial charge is 0.367 e. The highest BCUT2D eigenvalue weighted by Gasteiger charge is 2.26. The van der Waals surface area contributed by atoms with Gasteiger partial charge in [-0.1, -0.05) is 6.58 Å². The van der Waals surface area contributed by atoms with Crippen LogP contribution in [0.25, 0.3) is 0 Å². The summed E-state index contributed by atoms with van der Waals surface area (Å²) in [6, 6.07) is 3.90. The van der Waals surface area contributed by atoms with E-state index in [0.29, 0.717) is 17.9 Å². The summed E-state index contributed by atoms with van der Waals surface area (Å²) in [7, 11) is 2.11. The summed E-state index contributed by atoms with van der Waals surface area (Å²) in [5.74, 6) is 0.685. The fourth-order valence-corrected chi connectivity index (χ4v) is 3.63. The number of aromatic nitrogens is 1. The van der Waals surface area contributed by atoms with E-state index >= 15 is 0 Å². The molecule has 3 heterocycles. The van der Waals surface area contributed by atoms with Crippen LogP contribution in [0.4, 0.5) is 11.6 Å². The second kappa shape index (κ2) is 8.39. The van der Waals surface area contributed by atoms with Crippen LogP contribution < -0.4 is 21.3 Å². The van der Waals surface area contributed by atoms with Gasteiger partial charge in [0.05, 0.1) is 5.56 Å². The lowest BCUT2D eigenvalue weighted by Gasteiger charge is -2.30. The van der Waals surface area contributed by atoms with Crippen molar-refractivity contribution >= 4 is 23.5 Å². The third-order valence-corrected chi connectivity index (χ3v) is 5.25. The van der Waals surface area contributed by atoms with E-state index in [2.05, 4.69) is 34.1 Å². The number of carbonyl (C=O) groups excluding carboxylic acids is 2. The van der Waals surface area contributed by atoms with Gasteiger partial charge in [-0.25, -0.2) is 4.98 Å². The van der Waals surface area contributed by atoms with Crippen LogP contribution >= 0.6 is 0 Å². The average Bonchev–Trinajstić information content (AvgIpc) is 3.11. The second-order valence-corrected chi connectivity index (χ2v) is 7.30. The van der Waals surface area contributed by atoms with Crippen LogP contribution in [-0.4, -0.2) is 67.0 Å². The highest BCUT2D eigenvalue weighted by Crippen LogP contribution is 2.24. The van der Waals surface area contributed by atoms with Crippen LogP contribution in [0.2, 0.25) is 0 Å². The number of carbonyl (C=O) groups is 2. The Labute approximate surface area is 159 Å². The standard InChI is InChI=1S/C19H28N6O2/c1-3-17(26)21-14-8-11-25(12-14)16-5-4-15(18(20)27)19(23-16)22-13-6-9-24(2)10-7-13/h3-5,13-14H,1,6-12H2,2H3,(H2,20,27)(H,21,26)(H,22,23). The summed E-state index contributed by atoms with van der Waals surface area (Å²) in [5.41, 5.74) is 5.95. The number of nitrogens with one attached hydrogen (secondary N) is 2. The predicted octanol–water partition coefficient (Wildman–Crippen LogP) is 0.568. The second-order valence-electron chi connectivity index (χ2n) is 7.30. The van der Waals surface area contributed by atoms with Crippen molar-refractivity contribution in [3.63, 3.8) is 0 Å². The van der Waals surface area contributed by atoms with E-state index in [0.717, 1.165) is 44.7 Å². The zero-order valence-corrected chi connectivity index (χ0v) is 15.8. The van der Waals surface area contributed by atoms with E-state index in [1.807, 2.05) is 6.07 Å². The Morgan fingerprint density at radius 2 is 1.93 bits per heavy atom. The zero-order valence-electron chi connectivity index (χ0n) is 15.8. The van der Waals surface area contributed by atoms with Gasteiger partial charge in [0.2, 0.25) is 5.91 Å². The van der Waals surface area contributed by atoms with Crippen molar-refractivity contribution in [1.29, 1.82) is 0 Å². The molecule has 1 aromatic heterocycles. The highest BCUT2D eigenvalue weighted by molar-refractivity contribution is 5.98. The lowest BCUT2D eigenvalue weighted by atomic mass is 10.1. The van der Waals surface area contributed by atoms with Gasteiger partial charge in [0, 0.05) is 25.2 Å². The fourth-order valence-electron chi connectivity index (χ4n) is 3.63. The fraction of sp³-hybridized carbons (Fsp3) is 0.526. The van der Waals surface area contributed by atoms with Crippen LogP contribution in [0.15, 0.2) is 24.8 Å². The van der Waals surface area contributed by atoms with E-state index < -0.39 is 5.91 Å². The SMILES string of the molecule is C=CC(=O)NC1CCN(c2ccc(C(N)=O)c(NC3CCN(C)CC3)n2)C1. The molecule has 0 radical (unpaired) electrons. The normalized spacial score (nSPS) is 21.1. The molecule has 0 saturated carbocycles. The van der Waals surface area contributed by atoms with Gasteiger partial charge in [0.25, 0.3) is 5.91 Å². The van der Waals surface area contributed by atoms with Gasteiger partial charge in [0.1, 0.15) is 11.6 Å². The predicted molar refractivity (Wildman–Crippen MR) is 106 cm³/mol. The number of hydrogen-bond donors (Lipinski definition) is 3. The molecule has 2 fully saturated rings. The molecule has 0 bridgehead atoms. The molecule has 8 nitrogen and oxygen atoms in total. The van der Waals surface area contributed by atoms with Crippen molar-refractivity contribution in [2.45, 2.75) is 31.3 Å². The number of amides is 2. The number of likely N-dealkylation sites (tertiary alicyclic amines) is 1. The maximum atomic E-state index is 11.8. The minimum Gasteiger partial charge on any atom is -0.367 e. The molecule has 2 saturated heterocycles. The summed E-state index contributed by atoms with van der Waals surface area (Å²) in [6.07, 6.45) is 4.13. The molecule has 27 heavy (non-hydrogen) atoms. The van der Waals surface area contributed by atoms with Crippen LogP contribution in [-0.2, 0) is 4.79 Å². The number of rotatable bonds is 6. The van der Waals surface area contributed by atoms with Gasteiger partial charge >= 0.3 is 0 Å². The summed E-state index contributed by atoms with van der Waals surface area (Å²) in [4.78, 5) is 32.4. The van der Waals surface area contributed by atoms with Crippen LogP contribution in [0, 0.1) is 0 Å². The van der Waals surface area contributed by atoms with Crippen molar-refractivity contribution in [2.75, 3.05) is 43.4 Å². The molecule has 1 unspecified atom stereocenters. The van der Waals surface area contributed by atoms with Crippen molar-refractivity contribution in [3.8, 4) is 0 Å². The molecular formula is C19H28N6O2. The summed E-state index contributed by atoms with van der Waals surface area (Å²) in [5, 5.41) is 6.34. The van der Waals surface area contributed by atoms with E-state index in [4.69, 9.17) is 10.7 Å². The lowest BCUT2D eigenvalue weighted by molar-refractivity contribution is -0.117. The minimum atomic E-state index is -0.484. The lowest BCUT2D eigenvalue weighted by Crippen LogP contribution is -2.37. The van der Waals surface area contributed by atoms with Crippen molar-refractivity contribution in [2.24, 2.45) is 5.73 Å². The van der Waals surface area contributed by atoms with Crippen molar-refractivity contribution < 1.29 is 9.59 Å². The monoisotopic (exact) mass is 372 g/mol. The maximum absolute atomic E-state index is 11.8. The number of pyridine rings is 1. The minimum absolute atomic E-state index is 0.0680. The van der Waals surface area contributed by atoms with E-state index in [1.165, 1.54) is 6.08 Å². The number of primary amides is 1. The Balaban J connectivity index is 1.72. The number of nitrogens with zero attached hydrogens (tertiary/aromatic N) is 3. The smallest absolute Gasteiger partial charge is 0.252 e. The first-order chi connectivity index (χ1) is 13.0. The number of nitrogens with two attached hydrogens (primary N) is 1. The van der Waals surface area contributed by atoms with Crippen LogP contribution in [0.5, 0.6) is 0 Å². The Hall–Kier alpha value is -2.61. The van der Waals surface area contributed by atoms with Crippen molar-refractivity contribution in [1.82, 2.24) is 15.2 Å². The maximum Gasteiger partial charge on any atom is 0.252 e. The molecule has 3 rings (SSSR count). The van der Waals surface area contributed by atoms with Crippen molar-refractivity contribution in [3.05, 3.63) is 30.4 Å². The molecular weight excluding hydrogens is 344 g/mol. The number of hydrogen-bond acceptors (Lipinski definition) is 6. The average molecular weight is 372 g/mol. The summed E-state index contributed by atoms with van der Waals surface area (Å²) in [6.45, 7) is 6.98. The molecule has 0 aliphatic carbocycles. The van der Waals surface area contributed by atoms with Gasteiger partial charge in [-0.05, 0) is 57.6 Å². The first kappa shape index (κ1) is 19.2. The van der Waals surface area contributed by atoms with Gasteiger partial charge in [-0.15, -0.1) is 0 Å². The van der Waals surface area contributed by atoms with E-state index in [1.54, 1.807) is 6.07 Å².